The van der Waals surface area contributed by atoms with Gasteiger partial charge in [-0.2, -0.15) is 17.0 Å². The van der Waals surface area contributed by atoms with Crippen molar-refractivity contribution in [2.45, 2.75) is 38.6 Å². The van der Waals surface area contributed by atoms with Crippen molar-refractivity contribution in [1.82, 2.24) is 13.9 Å². The van der Waals surface area contributed by atoms with Crippen LogP contribution in [-0.4, -0.2) is 49.1 Å². The largest absolute Gasteiger partial charge is 0.352 e. The lowest BCUT2D eigenvalue weighted by Gasteiger charge is -2.36. The molecule has 1 atom stereocenters. The van der Waals surface area contributed by atoms with E-state index in [1.54, 1.807) is 4.31 Å². The van der Waals surface area contributed by atoms with E-state index in [9.17, 15) is 13.2 Å². The maximum Gasteiger partial charge on any atom is 0.281 e. The monoisotopic (exact) mass is 443 g/mol. The zero-order valence-electron chi connectivity index (χ0n) is 14.9. The van der Waals surface area contributed by atoms with Crippen LogP contribution >= 0.6 is 15.9 Å². The quantitative estimate of drug-likeness (QED) is 0.759. The van der Waals surface area contributed by atoms with Crippen molar-refractivity contribution >= 4 is 32.0 Å². The van der Waals surface area contributed by atoms with Gasteiger partial charge in [0.2, 0.25) is 5.91 Å². The molecule has 1 aromatic carbocycles. The molecule has 0 bridgehead atoms. The van der Waals surface area contributed by atoms with Crippen LogP contribution < -0.4 is 5.32 Å². The second kappa shape index (κ2) is 8.82. The second-order valence-corrected chi connectivity index (χ2v) is 9.76. The Morgan fingerprint density at radius 3 is 2.50 bits per heavy atom. The first kappa shape index (κ1) is 19.8. The van der Waals surface area contributed by atoms with E-state index < -0.39 is 10.2 Å². The standard InChI is InChI=1S/C18H26BrN3O3S/c19-17-9-3-2-7-15(17)13-20-18(23)16-8-6-12-22(14-16)26(24,25)21-10-4-1-5-11-21/h2-3,7,9,16H,1,4-6,8,10-14H2,(H,20,23). The molecule has 0 radical (unpaired) electrons. The minimum atomic E-state index is -3.45. The van der Waals surface area contributed by atoms with E-state index in [0.717, 1.165) is 42.1 Å². The average Bonchev–Trinajstić information content (AvgIpc) is 2.68. The first-order chi connectivity index (χ1) is 12.5. The molecule has 3 rings (SSSR count). The highest BCUT2D eigenvalue weighted by molar-refractivity contribution is 9.10. The number of nitrogens with one attached hydrogen (secondary N) is 1. The summed E-state index contributed by atoms with van der Waals surface area (Å²) in [6, 6.07) is 7.76. The van der Waals surface area contributed by atoms with E-state index >= 15 is 0 Å². The third-order valence-corrected chi connectivity index (χ3v) is 7.91. The van der Waals surface area contributed by atoms with Crippen molar-refractivity contribution in [3.63, 3.8) is 0 Å². The summed E-state index contributed by atoms with van der Waals surface area (Å²) in [4.78, 5) is 12.6. The Morgan fingerprint density at radius 1 is 1.08 bits per heavy atom. The number of hydrogen-bond acceptors (Lipinski definition) is 3. The predicted molar refractivity (Wildman–Crippen MR) is 105 cm³/mol. The highest BCUT2D eigenvalue weighted by Crippen LogP contribution is 2.24. The zero-order chi connectivity index (χ0) is 18.6. The van der Waals surface area contributed by atoms with Gasteiger partial charge in [0.15, 0.2) is 0 Å². The maximum atomic E-state index is 12.8. The number of carbonyl (C=O) groups is 1. The lowest BCUT2D eigenvalue weighted by atomic mass is 9.99. The van der Waals surface area contributed by atoms with Gasteiger partial charge in [-0.05, 0) is 37.3 Å². The van der Waals surface area contributed by atoms with Crippen molar-refractivity contribution in [2.24, 2.45) is 5.92 Å². The maximum absolute atomic E-state index is 12.8. The van der Waals surface area contributed by atoms with Crippen LogP contribution in [0.3, 0.4) is 0 Å². The minimum absolute atomic E-state index is 0.0701. The summed E-state index contributed by atoms with van der Waals surface area (Å²) in [6.07, 6.45) is 4.38. The van der Waals surface area contributed by atoms with E-state index in [0.29, 0.717) is 26.2 Å². The minimum Gasteiger partial charge on any atom is -0.352 e. The lowest BCUT2D eigenvalue weighted by Crippen LogP contribution is -2.51. The number of nitrogens with zero attached hydrogens (tertiary/aromatic N) is 2. The summed E-state index contributed by atoms with van der Waals surface area (Å²) < 4.78 is 29.7. The molecule has 0 aliphatic carbocycles. The third kappa shape index (κ3) is 4.65. The predicted octanol–water partition coefficient (Wildman–Crippen LogP) is 2.51. The molecule has 2 aliphatic rings. The number of halogens is 1. The number of amides is 1. The summed E-state index contributed by atoms with van der Waals surface area (Å²) in [7, 11) is -3.45. The average molecular weight is 444 g/mol. The molecule has 8 heteroatoms. The molecule has 2 heterocycles. The van der Waals surface area contributed by atoms with Crippen LogP contribution in [-0.2, 0) is 21.5 Å². The Bertz CT molecular complexity index is 735. The highest BCUT2D eigenvalue weighted by atomic mass is 79.9. The first-order valence-electron chi connectivity index (χ1n) is 9.25. The summed E-state index contributed by atoms with van der Waals surface area (Å²) >= 11 is 3.48. The SMILES string of the molecule is O=C(NCc1ccccc1Br)C1CCCN(S(=O)(=O)N2CCCCC2)C1. The number of carbonyl (C=O) groups excluding carboxylic acids is 1. The summed E-state index contributed by atoms with van der Waals surface area (Å²) in [6.45, 7) is 2.42. The van der Waals surface area contributed by atoms with Crippen LogP contribution in [0.2, 0.25) is 0 Å². The normalized spacial score (nSPS) is 22.9. The highest BCUT2D eigenvalue weighted by Gasteiger charge is 2.36. The molecular formula is C18H26BrN3O3S. The van der Waals surface area contributed by atoms with E-state index in [1.807, 2.05) is 24.3 Å². The molecule has 2 aliphatic heterocycles. The molecule has 0 spiro atoms. The van der Waals surface area contributed by atoms with Crippen LogP contribution in [0.25, 0.3) is 0 Å². The molecule has 2 saturated heterocycles. The van der Waals surface area contributed by atoms with Gasteiger partial charge in [0.1, 0.15) is 0 Å². The Labute approximate surface area is 164 Å². The topological polar surface area (TPSA) is 69.7 Å². The molecule has 2 fully saturated rings. The van der Waals surface area contributed by atoms with Gasteiger partial charge >= 0.3 is 0 Å². The van der Waals surface area contributed by atoms with Crippen LogP contribution in [0.15, 0.2) is 28.7 Å². The van der Waals surface area contributed by atoms with Crippen molar-refractivity contribution < 1.29 is 13.2 Å². The molecular weight excluding hydrogens is 418 g/mol. The summed E-state index contributed by atoms with van der Waals surface area (Å²) in [5.41, 5.74) is 1.01. The fourth-order valence-electron chi connectivity index (χ4n) is 3.59. The zero-order valence-corrected chi connectivity index (χ0v) is 17.3. The fourth-order valence-corrected chi connectivity index (χ4v) is 5.79. The van der Waals surface area contributed by atoms with E-state index in [1.165, 1.54) is 4.31 Å². The second-order valence-electron chi connectivity index (χ2n) is 6.97. The van der Waals surface area contributed by atoms with Gasteiger partial charge in [-0.15, -0.1) is 0 Å². The number of rotatable bonds is 5. The molecule has 26 heavy (non-hydrogen) atoms. The van der Waals surface area contributed by atoms with Gasteiger partial charge in [0.05, 0.1) is 5.92 Å². The van der Waals surface area contributed by atoms with Crippen LogP contribution in [0.1, 0.15) is 37.7 Å². The van der Waals surface area contributed by atoms with Gasteiger partial charge in [0, 0.05) is 37.2 Å². The molecule has 0 saturated carbocycles. The van der Waals surface area contributed by atoms with E-state index in [2.05, 4.69) is 21.2 Å². The third-order valence-electron chi connectivity index (χ3n) is 5.13. The molecule has 1 aromatic rings. The van der Waals surface area contributed by atoms with Crippen molar-refractivity contribution in [3.05, 3.63) is 34.3 Å². The van der Waals surface area contributed by atoms with E-state index in [4.69, 9.17) is 0 Å². The summed E-state index contributed by atoms with van der Waals surface area (Å²) in [5.74, 6) is -0.356. The van der Waals surface area contributed by atoms with Gasteiger partial charge in [0.25, 0.3) is 10.2 Å². The van der Waals surface area contributed by atoms with E-state index in [-0.39, 0.29) is 18.4 Å². The fraction of sp³-hybridized carbons (Fsp3) is 0.611. The van der Waals surface area contributed by atoms with Crippen LogP contribution in [0.5, 0.6) is 0 Å². The van der Waals surface area contributed by atoms with Crippen LogP contribution in [0, 0.1) is 5.92 Å². The Morgan fingerprint density at radius 2 is 1.77 bits per heavy atom. The Balaban J connectivity index is 1.59. The summed E-state index contributed by atoms with van der Waals surface area (Å²) in [5, 5.41) is 2.96. The van der Waals surface area contributed by atoms with Crippen molar-refractivity contribution in [3.8, 4) is 0 Å². The molecule has 144 valence electrons. The van der Waals surface area contributed by atoms with Crippen molar-refractivity contribution in [1.29, 1.82) is 0 Å². The van der Waals surface area contributed by atoms with Crippen LogP contribution in [0.4, 0.5) is 0 Å². The molecule has 1 N–H and O–H groups in total. The lowest BCUT2D eigenvalue weighted by molar-refractivity contribution is -0.126. The van der Waals surface area contributed by atoms with Gasteiger partial charge in [-0.1, -0.05) is 40.5 Å². The Hall–Kier alpha value is -0.960. The van der Waals surface area contributed by atoms with Crippen molar-refractivity contribution in [2.75, 3.05) is 26.2 Å². The molecule has 1 amide bonds. The smallest absolute Gasteiger partial charge is 0.281 e. The molecule has 6 nitrogen and oxygen atoms in total. The number of benzene rings is 1. The molecule has 1 unspecified atom stereocenters. The van der Waals surface area contributed by atoms with Gasteiger partial charge < -0.3 is 5.32 Å². The Kier molecular flexibility index (Phi) is 6.71. The number of piperidine rings is 2. The number of hydrogen-bond donors (Lipinski definition) is 1. The van der Waals surface area contributed by atoms with Gasteiger partial charge in [-0.25, -0.2) is 0 Å². The molecule has 0 aromatic heterocycles. The first-order valence-corrected chi connectivity index (χ1v) is 11.4. The van der Waals surface area contributed by atoms with Gasteiger partial charge in [-0.3, -0.25) is 4.79 Å².